The molecule has 1 heterocycles. The summed E-state index contributed by atoms with van der Waals surface area (Å²) >= 11 is 0. The Labute approximate surface area is 126 Å². The monoisotopic (exact) mass is 280 g/mol. The maximum absolute atomic E-state index is 3.69. The molecule has 1 atom stereocenters. The van der Waals surface area contributed by atoms with Gasteiger partial charge in [0.25, 0.3) is 0 Å². The highest BCUT2D eigenvalue weighted by atomic mass is 15.2. The summed E-state index contributed by atoms with van der Waals surface area (Å²) in [6.07, 6.45) is 11.6. The van der Waals surface area contributed by atoms with E-state index in [1.807, 2.05) is 0 Å². The van der Waals surface area contributed by atoms with Crippen molar-refractivity contribution < 1.29 is 0 Å². The van der Waals surface area contributed by atoms with Crippen molar-refractivity contribution >= 4 is 0 Å². The smallest absolute Gasteiger partial charge is 0.0220 e. The van der Waals surface area contributed by atoms with Crippen LogP contribution < -0.4 is 5.32 Å². The van der Waals surface area contributed by atoms with Crippen LogP contribution in [-0.2, 0) is 0 Å². The second-order valence-electron chi connectivity index (χ2n) is 7.74. The molecule has 0 aromatic rings. The highest BCUT2D eigenvalue weighted by Gasteiger charge is 2.38. The average Bonchev–Trinajstić information content (AvgIpc) is 2.87. The van der Waals surface area contributed by atoms with Gasteiger partial charge in [0.1, 0.15) is 0 Å². The number of hydrogen-bond donors (Lipinski definition) is 1. The molecule has 1 aliphatic heterocycles. The summed E-state index contributed by atoms with van der Waals surface area (Å²) in [4.78, 5) is 2.79. The lowest BCUT2D eigenvalue weighted by Crippen LogP contribution is -2.48. The van der Waals surface area contributed by atoms with E-state index in [1.54, 1.807) is 0 Å². The number of rotatable bonds is 7. The number of piperidine rings is 1. The Kier molecular flexibility index (Phi) is 6.35. The van der Waals surface area contributed by atoms with Gasteiger partial charge in [-0.15, -0.1) is 0 Å². The second kappa shape index (κ2) is 7.79. The molecule has 2 fully saturated rings. The molecule has 0 bridgehead atoms. The third kappa shape index (κ3) is 4.46. The van der Waals surface area contributed by atoms with Gasteiger partial charge in [-0.2, -0.15) is 0 Å². The Morgan fingerprint density at radius 1 is 1.00 bits per heavy atom. The molecule has 1 spiro atoms. The van der Waals surface area contributed by atoms with E-state index in [2.05, 4.69) is 31.0 Å². The fraction of sp³-hybridized carbons (Fsp3) is 1.00. The topological polar surface area (TPSA) is 15.3 Å². The molecule has 1 unspecified atom stereocenters. The van der Waals surface area contributed by atoms with Gasteiger partial charge in [0.2, 0.25) is 0 Å². The first-order chi connectivity index (χ1) is 9.65. The predicted molar refractivity (Wildman–Crippen MR) is 88.1 cm³/mol. The van der Waals surface area contributed by atoms with Crippen LogP contribution in [-0.4, -0.2) is 37.1 Å². The quantitative estimate of drug-likeness (QED) is 0.756. The third-order valence-corrected chi connectivity index (χ3v) is 5.59. The lowest BCUT2D eigenvalue weighted by atomic mass is 9.76. The van der Waals surface area contributed by atoms with E-state index in [0.29, 0.717) is 0 Å². The molecule has 2 heteroatoms. The highest BCUT2D eigenvalue weighted by molar-refractivity contribution is 4.91. The van der Waals surface area contributed by atoms with Crippen molar-refractivity contribution in [1.82, 2.24) is 10.2 Å². The molecule has 118 valence electrons. The van der Waals surface area contributed by atoms with Crippen LogP contribution in [0.3, 0.4) is 0 Å². The summed E-state index contributed by atoms with van der Waals surface area (Å²) in [6.45, 7) is 12.0. The SMILES string of the molecule is CCCC(CNCC(C)C)N1CCC2(CCCC2)CC1. The van der Waals surface area contributed by atoms with E-state index < -0.39 is 0 Å². The van der Waals surface area contributed by atoms with Gasteiger partial charge >= 0.3 is 0 Å². The van der Waals surface area contributed by atoms with E-state index in [9.17, 15) is 0 Å². The molecule has 1 saturated heterocycles. The number of nitrogens with zero attached hydrogens (tertiary/aromatic N) is 1. The maximum Gasteiger partial charge on any atom is 0.0220 e. The normalized spacial score (nSPS) is 24.6. The zero-order valence-electron chi connectivity index (χ0n) is 14.1. The molecule has 0 aromatic heterocycles. The first-order valence-electron chi connectivity index (χ1n) is 9.10. The Hall–Kier alpha value is -0.0800. The van der Waals surface area contributed by atoms with Crippen molar-refractivity contribution in [2.24, 2.45) is 11.3 Å². The van der Waals surface area contributed by atoms with Crippen LogP contribution in [0.5, 0.6) is 0 Å². The molecule has 2 rings (SSSR count). The van der Waals surface area contributed by atoms with Crippen LogP contribution in [0.1, 0.15) is 72.1 Å². The minimum Gasteiger partial charge on any atom is -0.315 e. The summed E-state index contributed by atoms with van der Waals surface area (Å²) in [5.74, 6) is 0.764. The lowest BCUT2D eigenvalue weighted by Gasteiger charge is -2.43. The zero-order chi connectivity index (χ0) is 14.4. The molecule has 1 N–H and O–H groups in total. The van der Waals surface area contributed by atoms with Gasteiger partial charge < -0.3 is 5.32 Å². The Balaban J connectivity index is 1.78. The number of nitrogens with one attached hydrogen (secondary N) is 1. The molecule has 0 amide bonds. The van der Waals surface area contributed by atoms with Crippen molar-refractivity contribution in [2.45, 2.75) is 78.2 Å². The van der Waals surface area contributed by atoms with Crippen molar-refractivity contribution in [2.75, 3.05) is 26.2 Å². The standard InChI is InChI=1S/C18H36N2/c1-4-7-17(15-19-14-16(2)3)20-12-10-18(11-13-20)8-5-6-9-18/h16-17,19H,4-15H2,1-3H3. The lowest BCUT2D eigenvalue weighted by molar-refractivity contribution is 0.0716. The van der Waals surface area contributed by atoms with Gasteiger partial charge in [0, 0.05) is 12.6 Å². The Bertz CT molecular complexity index is 259. The first-order valence-corrected chi connectivity index (χ1v) is 9.10. The van der Waals surface area contributed by atoms with Gasteiger partial charge in [0.15, 0.2) is 0 Å². The molecule has 20 heavy (non-hydrogen) atoms. The average molecular weight is 280 g/mol. The summed E-state index contributed by atoms with van der Waals surface area (Å²) in [5, 5.41) is 3.69. The molecule has 0 radical (unpaired) electrons. The molecule has 1 saturated carbocycles. The first kappa shape index (κ1) is 16.3. The Morgan fingerprint density at radius 3 is 2.20 bits per heavy atom. The largest absolute Gasteiger partial charge is 0.315 e. The molecular weight excluding hydrogens is 244 g/mol. The van der Waals surface area contributed by atoms with Crippen LogP contribution in [0.4, 0.5) is 0 Å². The molecule has 2 nitrogen and oxygen atoms in total. The summed E-state index contributed by atoms with van der Waals surface area (Å²) in [7, 11) is 0. The van der Waals surface area contributed by atoms with Crippen LogP contribution in [0, 0.1) is 11.3 Å². The van der Waals surface area contributed by atoms with Crippen LogP contribution in [0.2, 0.25) is 0 Å². The minimum atomic E-state index is 0.763. The van der Waals surface area contributed by atoms with Gasteiger partial charge in [0.05, 0.1) is 0 Å². The van der Waals surface area contributed by atoms with Crippen molar-refractivity contribution in [1.29, 1.82) is 0 Å². The fourth-order valence-electron chi connectivity index (χ4n) is 4.27. The second-order valence-corrected chi connectivity index (χ2v) is 7.74. The van der Waals surface area contributed by atoms with Crippen LogP contribution in [0.15, 0.2) is 0 Å². The van der Waals surface area contributed by atoms with E-state index in [-0.39, 0.29) is 0 Å². The van der Waals surface area contributed by atoms with E-state index in [4.69, 9.17) is 0 Å². The highest BCUT2D eigenvalue weighted by Crippen LogP contribution is 2.46. The van der Waals surface area contributed by atoms with E-state index in [1.165, 1.54) is 71.0 Å². The summed E-state index contributed by atoms with van der Waals surface area (Å²) in [6, 6.07) is 0.775. The van der Waals surface area contributed by atoms with E-state index >= 15 is 0 Å². The summed E-state index contributed by atoms with van der Waals surface area (Å²) in [5.41, 5.74) is 0.763. The van der Waals surface area contributed by atoms with Crippen LogP contribution in [0.25, 0.3) is 0 Å². The number of hydrogen-bond acceptors (Lipinski definition) is 2. The fourth-order valence-corrected chi connectivity index (χ4v) is 4.27. The van der Waals surface area contributed by atoms with Crippen LogP contribution >= 0.6 is 0 Å². The molecule has 2 aliphatic rings. The minimum absolute atomic E-state index is 0.763. The van der Waals surface area contributed by atoms with Gasteiger partial charge in [-0.1, -0.05) is 40.0 Å². The van der Waals surface area contributed by atoms with Crippen molar-refractivity contribution in [3.8, 4) is 0 Å². The molecule has 0 aromatic carbocycles. The van der Waals surface area contributed by atoms with Crippen molar-refractivity contribution in [3.63, 3.8) is 0 Å². The number of likely N-dealkylation sites (tertiary alicyclic amines) is 1. The maximum atomic E-state index is 3.69. The Morgan fingerprint density at radius 2 is 1.65 bits per heavy atom. The van der Waals surface area contributed by atoms with Gasteiger partial charge in [-0.05, 0) is 63.1 Å². The predicted octanol–water partition coefficient (Wildman–Crippen LogP) is 4.06. The van der Waals surface area contributed by atoms with Gasteiger partial charge in [-0.25, -0.2) is 0 Å². The third-order valence-electron chi connectivity index (χ3n) is 5.59. The van der Waals surface area contributed by atoms with E-state index in [0.717, 1.165) is 23.9 Å². The zero-order valence-corrected chi connectivity index (χ0v) is 14.1. The summed E-state index contributed by atoms with van der Waals surface area (Å²) < 4.78 is 0. The molecular formula is C18H36N2. The van der Waals surface area contributed by atoms with Gasteiger partial charge in [-0.3, -0.25) is 4.90 Å². The molecule has 1 aliphatic carbocycles. The van der Waals surface area contributed by atoms with Crippen molar-refractivity contribution in [3.05, 3.63) is 0 Å².